The van der Waals surface area contributed by atoms with Crippen molar-refractivity contribution in [3.63, 3.8) is 0 Å². The number of unbranched alkanes of at least 4 members (excludes halogenated alkanes) is 8. The number of benzene rings is 2. The van der Waals surface area contributed by atoms with Gasteiger partial charge in [-0.2, -0.15) is 0 Å². The van der Waals surface area contributed by atoms with Gasteiger partial charge in [-0.25, -0.2) is 0 Å². The second-order valence-corrected chi connectivity index (χ2v) is 15.9. The van der Waals surface area contributed by atoms with Gasteiger partial charge in [0.05, 0.1) is 19.1 Å². The van der Waals surface area contributed by atoms with E-state index < -0.39 is 36.5 Å². The van der Waals surface area contributed by atoms with Crippen molar-refractivity contribution in [3.05, 3.63) is 73.0 Å². The minimum atomic E-state index is -0.992. The van der Waals surface area contributed by atoms with Crippen LogP contribution in [0, 0.1) is 0 Å². The molecule has 0 aliphatic rings. The van der Waals surface area contributed by atoms with E-state index in [-0.39, 0.29) is 12.8 Å². The molecule has 0 amide bonds. The molecule has 5 heteroatoms. The van der Waals surface area contributed by atoms with Crippen LogP contribution < -0.4 is 6.14 Å². The first kappa shape index (κ1) is 29.1. The topological polar surface area (TPSA) is 63.6 Å². The van der Waals surface area contributed by atoms with Gasteiger partial charge in [0.1, 0.15) is 0 Å². The molecule has 0 fully saturated rings. The maximum absolute atomic E-state index is 11.1. The minimum absolute atomic E-state index is 0.0720. The summed E-state index contributed by atoms with van der Waals surface area (Å²) in [7, 11) is 0. The van der Waals surface area contributed by atoms with Crippen molar-refractivity contribution in [1.82, 2.24) is 0 Å². The molecule has 0 heterocycles. The molecule has 0 radical (unpaired) electrons. The summed E-state index contributed by atoms with van der Waals surface area (Å²) in [4.78, 5) is 21.3. The second-order valence-electron chi connectivity index (χ2n) is 8.17. The van der Waals surface area contributed by atoms with Crippen LogP contribution >= 0.6 is 0 Å². The molecule has 4 nitrogen and oxygen atoms in total. The number of ether oxygens (including phenoxy) is 1. The van der Waals surface area contributed by atoms with E-state index in [1.165, 1.54) is 51.2 Å². The summed E-state index contributed by atoms with van der Waals surface area (Å²) in [5, 5.41) is 8.40. The van der Waals surface area contributed by atoms with Crippen molar-refractivity contribution in [2.45, 2.75) is 77.6 Å². The Bertz CT molecular complexity index is 737. The molecule has 0 aliphatic heterocycles. The van der Waals surface area contributed by atoms with Gasteiger partial charge in [-0.3, -0.25) is 9.59 Å². The number of carboxylic acids is 1. The number of hydrogen-bond acceptors (Lipinski definition) is 3. The van der Waals surface area contributed by atoms with E-state index in [4.69, 9.17) is 9.84 Å². The molecule has 2 rings (SSSR count). The van der Waals surface area contributed by atoms with Crippen LogP contribution in [-0.2, 0) is 38.9 Å². The van der Waals surface area contributed by atoms with E-state index in [0.717, 1.165) is 12.8 Å². The monoisotopic (exact) mass is 640 g/mol. The van der Waals surface area contributed by atoms with E-state index >= 15 is 0 Å². The SMILES string of the molecule is CCCCCCCCCC/C=C/OC(=O)CCC(=O)O.c1cc[c]([Hg][c]2ccccc2)cc1. The van der Waals surface area contributed by atoms with E-state index in [9.17, 15) is 9.59 Å². The van der Waals surface area contributed by atoms with Crippen molar-refractivity contribution < 1.29 is 44.0 Å². The van der Waals surface area contributed by atoms with Crippen LogP contribution in [0.4, 0.5) is 0 Å². The third-order valence-corrected chi connectivity index (χ3v) is 12.0. The summed E-state index contributed by atoms with van der Waals surface area (Å²) in [5.74, 6) is -1.47. The molecule has 0 unspecified atom stereocenters. The van der Waals surface area contributed by atoms with Gasteiger partial charge in [-0.15, -0.1) is 0 Å². The Labute approximate surface area is 211 Å². The number of carbonyl (C=O) groups is 2. The fourth-order valence-corrected chi connectivity index (χ4v) is 9.06. The molecule has 0 saturated carbocycles. The summed E-state index contributed by atoms with van der Waals surface area (Å²) in [6.07, 6.45) is 14.1. The first-order chi connectivity index (χ1) is 16.1. The first-order valence-electron chi connectivity index (χ1n) is 12.3. The molecular formula is C28H38HgO4. The zero-order valence-corrected chi connectivity index (χ0v) is 25.6. The Morgan fingerprint density at radius 1 is 0.788 bits per heavy atom. The molecule has 33 heavy (non-hydrogen) atoms. The Kier molecular flexibility index (Phi) is 18.2. The van der Waals surface area contributed by atoms with Crippen molar-refractivity contribution in [1.29, 1.82) is 0 Å². The second kappa shape index (κ2) is 20.6. The van der Waals surface area contributed by atoms with Gasteiger partial charge in [-0.1, -0.05) is 51.9 Å². The molecule has 0 spiro atoms. The third-order valence-electron chi connectivity index (χ3n) is 5.16. The molecule has 2 aromatic carbocycles. The molecular weight excluding hydrogens is 601 g/mol. The summed E-state index contributed by atoms with van der Waals surface area (Å²) >= 11 is -0.992. The average molecular weight is 639 g/mol. The quantitative estimate of drug-likeness (QED) is 0.110. The zero-order valence-electron chi connectivity index (χ0n) is 20.1. The number of rotatable bonds is 15. The number of aliphatic carboxylic acids is 1. The van der Waals surface area contributed by atoms with Gasteiger partial charge in [0.25, 0.3) is 0 Å². The predicted octanol–water partition coefficient (Wildman–Crippen LogP) is 6.16. The summed E-state index contributed by atoms with van der Waals surface area (Å²) in [5.41, 5.74) is 0. The van der Waals surface area contributed by atoms with Crippen molar-refractivity contribution in [3.8, 4) is 0 Å². The molecule has 0 saturated heterocycles. The molecule has 0 bridgehead atoms. The number of carboxylic acid groups (broad SMARTS) is 1. The van der Waals surface area contributed by atoms with Gasteiger partial charge >= 0.3 is 103 Å². The Hall–Kier alpha value is -1.94. The Morgan fingerprint density at radius 2 is 1.30 bits per heavy atom. The molecule has 0 aromatic heterocycles. The van der Waals surface area contributed by atoms with Gasteiger partial charge in [0, 0.05) is 0 Å². The first-order valence-corrected chi connectivity index (χ1v) is 17.8. The molecule has 176 valence electrons. The zero-order chi connectivity index (χ0) is 24.0. The number of allylic oxidation sites excluding steroid dienone is 1. The average Bonchev–Trinajstić information content (AvgIpc) is 2.83. The van der Waals surface area contributed by atoms with Gasteiger partial charge in [0.15, 0.2) is 0 Å². The maximum atomic E-state index is 11.1. The van der Waals surface area contributed by atoms with E-state index in [1.54, 1.807) is 6.14 Å². The van der Waals surface area contributed by atoms with Crippen LogP contribution in [0.3, 0.4) is 0 Å². The fraction of sp³-hybridized carbons (Fsp3) is 0.429. The Morgan fingerprint density at radius 3 is 1.82 bits per heavy atom. The Balaban J connectivity index is 0.000000357. The van der Waals surface area contributed by atoms with Crippen LogP contribution in [0.25, 0.3) is 0 Å². The number of carbonyl (C=O) groups excluding carboxylic acids is 1. The molecule has 0 atom stereocenters. The van der Waals surface area contributed by atoms with Crippen LogP contribution in [0.5, 0.6) is 0 Å². The summed E-state index contributed by atoms with van der Waals surface area (Å²) < 4.78 is 7.96. The van der Waals surface area contributed by atoms with Gasteiger partial charge in [-0.05, 0) is 18.9 Å². The van der Waals surface area contributed by atoms with E-state index in [0.29, 0.717) is 0 Å². The van der Waals surface area contributed by atoms with Crippen molar-refractivity contribution >= 4 is 18.1 Å². The van der Waals surface area contributed by atoms with Gasteiger partial charge < -0.3 is 9.84 Å². The van der Waals surface area contributed by atoms with Crippen molar-refractivity contribution in [2.75, 3.05) is 0 Å². The van der Waals surface area contributed by atoms with Gasteiger partial charge in [0.2, 0.25) is 0 Å². The van der Waals surface area contributed by atoms with Crippen LogP contribution in [-0.4, -0.2) is 17.0 Å². The third kappa shape index (κ3) is 18.2. The molecule has 0 aliphatic carbocycles. The number of esters is 1. The summed E-state index contributed by atoms with van der Waals surface area (Å²) in [6.45, 7) is 2.22. The predicted molar refractivity (Wildman–Crippen MR) is 131 cm³/mol. The van der Waals surface area contributed by atoms with Crippen LogP contribution in [0.15, 0.2) is 73.0 Å². The molecule has 2 aromatic rings. The summed E-state index contributed by atoms with van der Waals surface area (Å²) in [6, 6.07) is 21.8. The fourth-order valence-electron chi connectivity index (χ4n) is 3.28. The standard InChI is InChI=1S/C16H28O4.2C6H5.Hg/c1-2-3-4-5-6-7-8-9-10-11-14-20-16(19)13-12-15(17)18;2*1-2-4-6-5-3-1;/h11,14H,2-10,12-13H2,1H3,(H,17,18);2*1-5H;/b14-11+;;;. The van der Waals surface area contributed by atoms with Crippen molar-refractivity contribution in [2.24, 2.45) is 0 Å². The normalized spacial score (nSPS) is 10.2. The number of hydrogen-bond donors (Lipinski definition) is 1. The van der Waals surface area contributed by atoms with Crippen LogP contribution in [0.2, 0.25) is 0 Å². The molecule has 1 N–H and O–H groups in total. The van der Waals surface area contributed by atoms with Crippen LogP contribution in [0.1, 0.15) is 77.6 Å². The van der Waals surface area contributed by atoms with E-state index in [1.807, 2.05) is 6.08 Å². The van der Waals surface area contributed by atoms with E-state index in [2.05, 4.69) is 67.6 Å².